The molecule has 35 heavy (non-hydrogen) atoms. The Bertz CT molecular complexity index is 1410. The van der Waals surface area contributed by atoms with Gasteiger partial charge in [-0.2, -0.15) is 9.61 Å². The summed E-state index contributed by atoms with van der Waals surface area (Å²) in [5, 5.41) is 21.4. The molecular weight excluding hydrogens is 446 g/mol. The first-order chi connectivity index (χ1) is 17.1. The average molecular weight is 476 g/mol. The first-order valence-corrected chi connectivity index (χ1v) is 12.1. The molecule has 1 unspecified atom stereocenters. The standard InChI is InChI=1S/C25H29N7O3/c1-26-22-10-20(29-24-17(11-28-32(22)24)25(34)30-19-5-6-21(19)33)18-12-31(15-8-14(9-15)13-35-2)23-16(18)4-3-7-27-23/h3-4,7,10-12,14-15,19,21,26,33H,5-6,8-9,13H2,1-2H3,(H,30,34)/t14-,15+,19?,21-/m0/s1. The predicted octanol–water partition coefficient (Wildman–Crippen LogP) is 2.64. The van der Waals surface area contributed by atoms with Gasteiger partial charge in [0.2, 0.25) is 0 Å². The summed E-state index contributed by atoms with van der Waals surface area (Å²) < 4.78 is 9.21. The van der Waals surface area contributed by atoms with Crippen LogP contribution in [0.15, 0.2) is 36.8 Å². The van der Waals surface area contributed by atoms with Crippen LogP contribution in [0.1, 0.15) is 42.1 Å². The number of fused-ring (bicyclic) bond motifs is 2. The number of anilines is 1. The molecule has 2 aliphatic carbocycles. The fourth-order valence-electron chi connectivity index (χ4n) is 5.20. The van der Waals surface area contributed by atoms with Gasteiger partial charge in [-0.3, -0.25) is 4.79 Å². The van der Waals surface area contributed by atoms with E-state index in [9.17, 15) is 9.90 Å². The van der Waals surface area contributed by atoms with Gasteiger partial charge in [0.25, 0.3) is 5.91 Å². The number of carbonyl (C=O) groups is 1. The maximum absolute atomic E-state index is 13.0. The summed E-state index contributed by atoms with van der Waals surface area (Å²) in [5.74, 6) is 1.02. The van der Waals surface area contributed by atoms with Gasteiger partial charge in [-0.15, -0.1) is 0 Å². The molecule has 0 radical (unpaired) electrons. The number of carbonyl (C=O) groups excluding carboxylic acids is 1. The highest BCUT2D eigenvalue weighted by atomic mass is 16.5. The second-order valence-corrected chi connectivity index (χ2v) is 9.57. The normalized spacial score (nSPS) is 23.7. The average Bonchev–Trinajstić information content (AvgIpc) is 3.45. The Hall–Kier alpha value is -3.50. The van der Waals surface area contributed by atoms with Crippen molar-refractivity contribution in [2.45, 2.75) is 43.9 Å². The predicted molar refractivity (Wildman–Crippen MR) is 131 cm³/mol. The van der Waals surface area contributed by atoms with Crippen LogP contribution < -0.4 is 10.6 Å². The van der Waals surface area contributed by atoms with Gasteiger partial charge >= 0.3 is 0 Å². The smallest absolute Gasteiger partial charge is 0.257 e. The molecule has 6 rings (SSSR count). The van der Waals surface area contributed by atoms with Crippen LogP contribution in [0.25, 0.3) is 27.9 Å². The van der Waals surface area contributed by atoms with Gasteiger partial charge in [0, 0.05) is 56.2 Å². The number of aliphatic hydroxyl groups excluding tert-OH is 1. The molecule has 4 heterocycles. The summed E-state index contributed by atoms with van der Waals surface area (Å²) in [6.07, 6.45) is 8.57. The molecule has 0 bridgehead atoms. The van der Waals surface area contributed by atoms with Crippen molar-refractivity contribution in [2.24, 2.45) is 5.92 Å². The van der Waals surface area contributed by atoms with Crippen LogP contribution in [0.2, 0.25) is 0 Å². The van der Waals surface area contributed by atoms with Crippen LogP contribution in [0.4, 0.5) is 5.82 Å². The van der Waals surface area contributed by atoms with Gasteiger partial charge in [-0.05, 0) is 43.7 Å². The van der Waals surface area contributed by atoms with E-state index >= 15 is 0 Å². The lowest BCUT2D eigenvalue weighted by atomic mass is 9.80. The SMILES string of the molecule is CNc1cc(-c2cn([C@H]3C[C@@H](COC)C3)c3ncccc23)nc2c(C(=O)NC3CC[C@@H]3O)cnn12. The van der Waals surface area contributed by atoms with Gasteiger partial charge in [0.15, 0.2) is 5.65 Å². The molecule has 2 aliphatic rings. The minimum Gasteiger partial charge on any atom is -0.391 e. The topological polar surface area (TPSA) is 119 Å². The minimum atomic E-state index is -0.495. The molecule has 2 saturated carbocycles. The van der Waals surface area contributed by atoms with Crippen molar-refractivity contribution in [3.8, 4) is 11.3 Å². The molecule has 10 nitrogen and oxygen atoms in total. The summed E-state index contributed by atoms with van der Waals surface area (Å²) in [7, 11) is 3.57. The third kappa shape index (κ3) is 3.64. The van der Waals surface area contributed by atoms with E-state index in [0.717, 1.165) is 54.0 Å². The molecule has 0 saturated heterocycles. The highest BCUT2D eigenvalue weighted by Gasteiger charge is 2.33. The summed E-state index contributed by atoms with van der Waals surface area (Å²) in [6.45, 7) is 0.781. The number of amides is 1. The molecule has 2 atom stereocenters. The summed E-state index contributed by atoms with van der Waals surface area (Å²) in [5.41, 5.74) is 3.48. The van der Waals surface area contributed by atoms with Gasteiger partial charge in [0.1, 0.15) is 17.0 Å². The number of pyridine rings is 1. The molecule has 1 amide bonds. The zero-order chi connectivity index (χ0) is 24.1. The second-order valence-electron chi connectivity index (χ2n) is 9.57. The summed E-state index contributed by atoms with van der Waals surface area (Å²) >= 11 is 0. The van der Waals surface area contributed by atoms with E-state index in [-0.39, 0.29) is 11.9 Å². The van der Waals surface area contributed by atoms with Gasteiger partial charge < -0.3 is 25.0 Å². The number of rotatable bonds is 7. The van der Waals surface area contributed by atoms with E-state index in [1.54, 1.807) is 11.6 Å². The van der Waals surface area contributed by atoms with E-state index in [2.05, 4.69) is 37.5 Å². The number of hydrogen-bond donors (Lipinski definition) is 3. The van der Waals surface area contributed by atoms with Crippen LogP contribution in [0.3, 0.4) is 0 Å². The Morgan fingerprint density at radius 2 is 2.14 bits per heavy atom. The van der Waals surface area contributed by atoms with E-state index in [1.807, 2.05) is 25.4 Å². The highest BCUT2D eigenvalue weighted by Crippen LogP contribution is 2.42. The van der Waals surface area contributed by atoms with Crippen molar-refractivity contribution in [1.82, 2.24) is 29.5 Å². The quantitative estimate of drug-likeness (QED) is 0.376. The number of nitrogens with one attached hydrogen (secondary N) is 2. The fraction of sp³-hybridized carbons (Fsp3) is 0.440. The zero-order valence-electron chi connectivity index (χ0n) is 19.8. The van der Waals surface area contributed by atoms with Crippen LogP contribution in [0.5, 0.6) is 0 Å². The van der Waals surface area contributed by atoms with Crippen molar-refractivity contribution in [3.63, 3.8) is 0 Å². The molecule has 10 heteroatoms. The fourth-order valence-corrected chi connectivity index (χ4v) is 5.20. The Morgan fingerprint density at radius 1 is 1.29 bits per heavy atom. The first kappa shape index (κ1) is 22.0. The zero-order valence-corrected chi connectivity index (χ0v) is 19.8. The summed E-state index contributed by atoms with van der Waals surface area (Å²) in [4.78, 5) is 22.6. The number of nitrogens with zero attached hydrogens (tertiary/aromatic N) is 5. The minimum absolute atomic E-state index is 0.224. The van der Waals surface area contributed by atoms with Crippen molar-refractivity contribution in [1.29, 1.82) is 0 Å². The van der Waals surface area contributed by atoms with Crippen LogP contribution in [-0.2, 0) is 4.74 Å². The summed E-state index contributed by atoms with van der Waals surface area (Å²) in [6, 6.07) is 6.09. The van der Waals surface area contributed by atoms with E-state index in [1.165, 1.54) is 6.20 Å². The Labute approximate surface area is 202 Å². The third-order valence-corrected chi connectivity index (χ3v) is 7.40. The molecular formula is C25H29N7O3. The Morgan fingerprint density at radius 3 is 2.86 bits per heavy atom. The molecule has 3 N–H and O–H groups in total. The van der Waals surface area contributed by atoms with Gasteiger partial charge in [-0.25, -0.2) is 9.97 Å². The van der Waals surface area contributed by atoms with Crippen LogP contribution in [0, 0.1) is 5.92 Å². The first-order valence-electron chi connectivity index (χ1n) is 12.1. The molecule has 4 aromatic rings. The molecule has 0 spiro atoms. The number of aromatic nitrogens is 5. The molecule has 0 aromatic carbocycles. The highest BCUT2D eigenvalue weighted by molar-refractivity contribution is 6.01. The number of aliphatic hydroxyl groups is 1. The second kappa shape index (κ2) is 8.62. The molecule has 182 valence electrons. The maximum Gasteiger partial charge on any atom is 0.257 e. The molecule has 4 aromatic heterocycles. The lowest BCUT2D eigenvalue weighted by Gasteiger charge is -2.36. The van der Waals surface area contributed by atoms with E-state index < -0.39 is 6.10 Å². The number of methoxy groups -OCH3 is 1. The van der Waals surface area contributed by atoms with E-state index in [0.29, 0.717) is 29.6 Å². The largest absolute Gasteiger partial charge is 0.391 e. The lowest BCUT2D eigenvalue weighted by molar-refractivity contribution is 0.0448. The van der Waals surface area contributed by atoms with Crippen molar-refractivity contribution in [2.75, 3.05) is 26.1 Å². The van der Waals surface area contributed by atoms with Crippen LogP contribution in [-0.4, -0.2) is 68.1 Å². The number of ether oxygens (including phenoxy) is 1. The molecule has 0 aliphatic heterocycles. The maximum atomic E-state index is 13.0. The van der Waals surface area contributed by atoms with Crippen molar-refractivity contribution < 1.29 is 14.6 Å². The monoisotopic (exact) mass is 475 g/mol. The van der Waals surface area contributed by atoms with E-state index in [4.69, 9.17) is 9.72 Å². The third-order valence-electron chi connectivity index (χ3n) is 7.40. The Kier molecular flexibility index (Phi) is 5.42. The van der Waals surface area contributed by atoms with Gasteiger partial charge in [-0.1, -0.05) is 0 Å². The van der Waals surface area contributed by atoms with Crippen molar-refractivity contribution in [3.05, 3.63) is 42.4 Å². The number of hydrogen-bond acceptors (Lipinski definition) is 7. The van der Waals surface area contributed by atoms with Crippen molar-refractivity contribution >= 4 is 28.4 Å². The van der Waals surface area contributed by atoms with Gasteiger partial charge in [0.05, 0.1) is 24.0 Å². The molecule has 2 fully saturated rings. The lowest BCUT2D eigenvalue weighted by Crippen LogP contribution is -2.50. The Balaban J connectivity index is 1.42. The van der Waals surface area contributed by atoms with Crippen LogP contribution >= 0.6 is 0 Å².